The van der Waals surface area contributed by atoms with Crippen molar-refractivity contribution in [1.29, 1.82) is 0 Å². The number of fused-ring (bicyclic) bond motifs is 1. The van der Waals surface area contributed by atoms with Crippen molar-refractivity contribution in [1.82, 2.24) is 15.0 Å². The number of hydrogen-bond acceptors (Lipinski definition) is 5. The molecule has 0 fully saturated rings. The lowest BCUT2D eigenvalue weighted by Crippen LogP contribution is -2.08. The molecule has 18 heavy (non-hydrogen) atoms. The fourth-order valence-electron chi connectivity index (χ4n) is 1.65. The van der Waals surface area contributed by atoms with Crippen molar-refractivity contribution in [2.45, 2.75) is 6.92 Å². The Balaban J connectivity index is 2.06. The molecule has 3 rings (SSSR count). The second kappa shape index (κ2) is 4.47. The van der Waals surface area contributed by atoms with Crippen LogP contribution in [0.25, 0.3) is 22.4 Å². The molecule has 1 N–H and O–H groups in total. The molecule has 3 aromatic heterocycles. The lowest BCUT2D eigenvalue weighted by atomic mass is 10.3. The molecule has 0 aromatic carbocycles. The van der Waals surface area contributed by atoms with Gasteiger partial charge in [-0.15, -0.1) is 22.7 Å². The quantitative estimate of drug-likeness (QED) is 0.782. The molecular weight excluding hydrogens is 266 g/mol. The summed E-state index contributed by atoms with van der Waals surface area (Å²) in [6.07, 6.45) is 5.46. The van der Waals surface area contributed by atoms with Crippen LogP contribution in [0.5, 0.6) is 0 Å². The molecule has 0 radical (unpaired) electrons. The molecule has 3 heterocycles. The minimum Gasteiger partial charge on any atom is -0.306 e. The van der Waals surface area contributed by atoms with Crippen molar-refractivity contribution < 1.29 is 0 Å². The van der Waals surface area contributed by atoms with Crippen molar-refractivity contribution >= 4 is 45.0 Å². The summed E-state index contributed by atoms with van der Waals surface area (Å²) < 4.78 is 0. The van der Waals surface area contributed by atoms with Crippen LogP contribution in [0.3, 0.4) is 0 Å². The van der Waals surface area contributed by atoms with E-state index in [0.29, 0.717) is 11.2 Å². The molecule has 0 saturated heterocycles. The van der Waals surface area contributed by atoms with Gasteiger partial charge in [0, 0.05) is 11.1 Å². The van der Waals surface area contributed by atoms with E-state index in [1.165, 1.54) is 22.7 Å². The van der Waals surface area contributed by atoms with Crippen LogP contribution in [0, 0.1) is 6.92 Å². The number of thiazole rings is 1. The van der Waals surface area contributed by atoms with E-state index in [-0.39, 0.29) is 5.56 Å². The predicted octanol–water partition coefficient (Wildman–Crippen LogP) is 2.92. The van der Waals surface area contributed by atoms with Gasteiger partial charge in [-0.2, -0.15) is 0 Å². The van der Waals surface area contributed by atoms with Gasteiger partial charge in [0.1, 0.15) is 10.7 Å². The number of rotatable bonds is 2. The Morgan fingerprint density at radius 1 is 1.33 bits per heavy atom. The Morgan fingerprint density at radius 2 is 2.22 bits per heavy atom. The van der Waals surface area contributed by atoms with Crippen molar-refractivity contribution in [3.05, 3.63) is 43.7 Å². The fourth-order valence-corrected chi connectivity index (χ4v) is 3.09. The van der Waals surface area contributed by atoms with Gasteiger partial charge in [0.25, 0.3) is 5.56 Å². The van der Waals surface area contributed by atoms with Gasteiger partial charge < -0.3 is 4.98 Å². The Bertz CT molecular complexity index is 768. The van der Waals surface area contributed by atoms with Crippen molar-refractivity contribution in [3.8, 4) is 0 Å². The summed E-state index contributed by atoms with van der Waals surface area (Å²) in [5, 5.41) is 2.64. The maximum atomic E-state index is 11.9. The van der Waals surface area contributed by atoms with E-state index >= 15 is 0 Å². The normalized spacial score (nSPS) is 11.6. The average Bonchev–Trinajstić information content (AvgIpc) is 2.97. The van der Waals surface area contributed by atoms with Gasteiger partial charge in [0.2, 0.25) is 0 Å². The van der Waals surface area contributed by atoms with E-state index in [9.17, 15) is 4.79 Å². The summed E-state index contributed by atoms with van der Waals surface area (Å²) in [7, 11) is 0. The first-order chi connectivity index (χ1) is 8.74. The fraction of sp³-hybridized carbons (Fsp3) is 0.0833. The minimum absolute atomic E-state index is 0.0808. The highest BCUT2D eigenvalue weighted by atomic mass is 32.1. The molecule has 0 spiro atoms. The molecule has 90 valence electrons. The number of hydrogen-bond donors (Lipinski definition) is 1. The van der Waals surface area contributed by atoms with Crippen LogP contribution in [0.1, 0.15) is 16.3 Å². The molecule has 0 aliphatic carbocycles. The third-order valence-corrected chi connectivity index (χ3v) is 4.23. The molecule has 3 aromatic rings. The summed E-state index contributed by atoms with van der Waals surface area (Å²) in [4.78, 5) is 24.9. The van der Waals surface area contributed by atoms with Gasteiger partial charge in [-0.1, -0.05) is 0 Å². The molecular formula is C12H9N3OS2. The second-order valence-corrected chi connectivity index (χ2v) is 5.56. The van der Waals surface area contributed by atoms with Crippen molar-refractivity contribution in [2.75, 3.05) is 0 Å². The molecule has 0 aliphatic rings. The molecule has 0 amide bonds. The third-order valence-electron chi connectivity index (χ3n) is 2.50. The maximum absolute atomic E-state index is 11.9. The first-order valence-corrected chi connectivity index (χ1v) is 7.04. The number of nitrogens with one attached hydrogen (secondary N) is 1. The van der Waals surface area contributed by atoms with Crippen LogP contribution in [-0.4, -0.2) is 15.0 Å². The molecule has 0 bridgehead atoms. The van der Waals surface area contributed by atoms with Gasteiger partial charge in [0.15, 0.2) is 0 Å². The molecule has 0 unspecified atom stereocenters. The first-order valence-electron chi connectivity index (χ1n) is 5.29. The molecule has 0 saturated carbocycles. The topological polar surface area (TPSA) is 58.6 Å². The van der Waals surface area contributed by atoms with Crippen LogP contribution in [0.2, 0.25) is 0 Å². The summed E-state index contributed by atoms with van der Waals surface area (Å²) in [5.41, 5.74) is 2.66. The number of aromatic amines is 1. The molecule has 6 heteroatoms. The molecule has 0 aliphatic heterocycles. The van der Waals surface area contributed by atoms with Gasteiger partial charge in [0.05, 0.1) is 10.9 Å². The molecule has 4 nitrogen and oxygen atoms in total. The maximum Gasteiger partial charge on any atom is 0.260 e. The van der Waals surface area contributed by atoms with E-state index in [0.717, 1.165) is 15.3 Å². The number of H-pyrrole nitrogens is 1. The lowest BCUT2D eigenvalue weighted by molar-refractivity contribution is 1.15. The number of aryl methyl sites for hydroxylation is 1. The van der Waals surface area contributed by atoms with Gasteiger partial charge >= 0.3 is 0 Å². The Kier molecular flexibility index (Phi) is 2.81. The zero-order chi connectivity index (χ0) is 12.5. The van der Waals surface area contributed by atoms with Crippen LogP contribution in [0.4, 0.5) is 0 Å². The zero-order valence-electron chi connectivity index (χ0n) is 9.51. The van der Waals surface area contributed by atoms with Gasteiger partial charge in [-0.25, -0.2) is 4.98 Å². The molecule has 0 atom stereocenters. The summed E-state index contributed by atoms with van der Waals surface area (Å²) in [6.45, 7) is 1.92. The predicted molar refractivity (Wildman–Crippen MR) is 76.0 cm³/mol. The highest BCUT2D eigenvalue weighted by Gasteiger charge is 2.06. The van der Waals surface area contributed by atoms with Crippen molar-refractivity contribution in [3.63, 3.8) is 0 Å². The highest BCUT2D eigenvalue weighted by Crippen LogP contribution is 2.20. The standard InChI is InChI=1S/C12H9N3OS2/c1-7-5-17-12-10(7)11(16)14-9(15-12)3-2-8-4-13-6-18-8/h2-6H,1H3,(H,14,15,16). The zero-order valence-corrected chi connectivity index (χ0v) is 11.1. The van der Waals surface area contributed by atoms with Crippen LogP contribution < -0.4 is 5.56 Å². The van der Waals surface area contributed by atoms with E-state index in [1.54, 1.807) is 17.8 Å². The second-order valence-electron chi connectivity index (χ2n) is 3.79. The summed E-state index contributed by atoms with van der Waals surface area (Å²) in [5.74, 6) is 0.572. The Labute approximate surface area is 111 Å². The minimum atomic E-state index is -0.0808. The SMILES string of the molecule is Cc1csc2nc(C=Cc3cncs3)[nH]c(=O)c12. The highest BCUT2D eigenvalue weighted by molar-refractivity contribution is 7.16. The van der Waals surface area contributed by atoms with Crippen LogP contribution >= 0.6 is 22.7 Å². The van der Waals surface area contributed by atoms with Gasteiger partial charge in [-0.3, -0.25) is 9.78 Å². The Hall–Kier alpha value is -1.79. The van der Waals surface area contributed by atoms with Gasteiger partial charge in [-0.05, 0) is 30.0 Å². The van der Waals surface area contributed by atoms with E-state index in [1.807, 2.05) is 18.4 Å². The van der Waals surface area contributed by atoms with Crippen LogP contribution in [-0.2, 0) is 0 Å². The summed E-state index contributed by atoms with van der Waals surface area (Å²) in [6, 6.07) is 0. The summed E-state index contributed by atoms with van der Waals surface area (Å²) >= 11 is 3.03. The van der Waals surface area contributed by atoms with Crippen LogP contribution in [0.15, 0.2) is 21.9 Å². The number of nitrogens with zero attached hydrogens (tertiary/aromatic N) is 2. The van der Waals surface area contributed by atoms with Crippen molar-refractivity contribution in [2.24, 2.45) is 0 Å². The number of aromatic nitrogens is 3. The smallest absolute Gasteiger partial charge is 0.260 e. The monoisotopic (exact) mass is 275 g/mol. The third kappa shape index (κ3) is 2.00. The Morgan fingerprint density at radius 3 is 3.00 bits per heavy atom. The lowest BCUT2D eigenvalue weighted by Gasteiger charge is -1.94. The van der Waals surface area contributed by atoms with E-state index < -0.39 is 0 Å². The first kappa shape index (κ1) is 11.3. The largest absolute Gasteiger partial charge is 0.306 e. The average molecular weight is 275 g/mol. The van der Waals surface area contributed by atoms with E-state index in [2.05, 4.69) is 15.0 Å². The van der Waals surface area contributed by atoms with E-state index in [4.69, 9.17) is 0 Å². The number of thiophene rings is 1.